The number of rotatable bonds is 6. The summed E-state index contributed by atoms with van der Waals surface area (Å²) in [6.07, 6.45) is 2.59. The number of hydrogen-bond acceptors (Lipinski definition) is 4. The Balaban J connectivity index is 2.01. The maximum atomic E-state index is 12.2. The van der Waals surface area contributed by atoms with Gasteiger partial charge < -0.3 is 11.1 Å². The first-order chi connectivity index (χ1) is 12.3. The van der Waals surface area contributed by atoms with Gasteiger partial charge in [0.25, 0.3) is 15.9 Å². The normalized spacial score (nSPS) is 11.3. The molecule has 0 aromatic heterocycles. The van der Waals surface area contributed by atoms with E-state index in [1.807, 2.05) is 4.72 Å². The van der Waals surface area contributed by atoms with Crippen molar-refractivity contribution in [3.63, 3.8) is 0 Å². The summed E-state index contributed by atoms with van der Waals surface area (Å²) in [6.45, 7) is 0.172. The SMILES string of the molecule is NC(=O)NCc1ccc(S(=O)(=O)NC(=O)/C=C/c2ccc(Cl)cc2)cc1. The zero-order valence-electron chi connectivity index (χ0n) is 13.5. The number of amides is 3. The molecule has 2 aromatic rings. The predicted molar refractivity (Wildman–Crippen MR) is 98.7 cm³/mol. The van der Waals surface area contributed by atoms with E-state index in [1.54, 1.807) is 24.3 Å². The lowest BCUT2D eigenvalue weighted by Crippen LogP contribution is -2.29. The second-order valence-corrected chi connectivity index (χ2v) is 7.34. The molecule has 0 radical (unpaired) electrons. The van der Waals surface area contributed by atoms with Crippen LogP contribution in [0.5, 0.6) is 0 Å². The van der Waals surface area contributed by atoms with Crippen molar-refractivity contribution in [2.75, 3.05) is 0 Å². The van der Waals surface area contributed by atoms with Crippen LogP contribution in [-0.2, 0) is 21.4 Å². The fraction of sp³-hybridized carbons (Fsp3) is 0.0588. The highest BCUT2D eigenvalue weighted by molar-refractivity contribution is 7.90. The van der Waals surface area contributed by atoms with Crippen LogP contribution >= 0.6 is 11.6 Å². The van der Waals surface area contributed by atoms with Crippen LogP contribution < -0.4 is 15.8 Å². The Morgan fingerprint density at radius 3 is 2.23 bits per heavy atom. The van der Waals surface area contributed by atoms with Gasteiger partial charge >= 0.3 is 6.03 Å². The molecule has 2 aromatic carbocycles. The zero-order chi connectivity index (χ0) is 19.2. The third-order valence-corrected chi connectivity index (χ3v) is 4.85. The van der Waals surface area contributed by atoms with E-state index >= 15 is 0 Å². The standard InChI is InChI=1S/C17H16ClN3O4S/c18-14-6-1-12(2-7-14)5-10-16(22)21-26(24,25)15-8-3-13(4-9-15)11-20-17(19)23/h1-10H,11H2,(H,21,22)(H3,19,20,23)/b10-5+. The van der Waals surface area contributed by atoms with Crippen molar-refractivity contribution < 1.29 is 18.0 Å². The van der Waals surface area contributed by atoms with E-state index in [4.69, 9.17) is 17.3 Å². The monoisotopic (exact) mass is 393 g/mol. The lowest BCUT2D eigenvalue weighted by atomic mass is 10.2. The Morgan fingerprint density at radius 2 is 1.65 bits per heavy atom. The van der Waals surface area contributed by atoms with E-state index in [-0.39, 0.29) is 11.4 Å². The second-order valence-electron chi connectivity index (χ2n) is 5.22. The molecule has 0 heterocycles. The molecule has 0 aliphatic carbocycles. The predicted octanol–water partition coefficient (Wildman–Crippen LogP) is 2.03. The molecule has 4 N–H and O–H groups in total. The fourth-order valence-electron chi connectivity index (χ4n) is 1.95. The summed E-state index contributed by atoms with van der Waals surface area (Å²) in [4.78, 5) is 22.4. The maximum absolute atomic E-state index is 12.2. The molecule has 0 saturated carbocycles. The van der Waals surface area contributed by atoms with Gasteiger partial charge in [0.05, 0.1) is 4.90 Å². The second kappa shape index (κ2) is 8.50. The van der Waals surface area contributed by atoms with E-state index in [1.165, 1.54) is 30.3 Å². The lowest BCUT2D eigenvalue weighted by molar-refractivity contribution is -0.114. The first kappa shape index (κ1) is 19.5. The van der Waals surface area contributed by atoms with Gasteiger partial charge in [0.15, 0.2) is 0 Å². The van der Waals surface area contributed by atoms with Gasteiger partial charge in [0.2, 0.25) is 0 Å². The highest BCUT2D eigenvalue weighted by Gasteiger charge is 2.16. The highest BCUT2D eigenvalue weighted by atomic mass is 35.5. The van der Waals surface area contributed by atoms with Crippen molar-refractivity contribution in [2.24, 2.45) is 5.73 Å². The topological polar surface area (TPSA) is 118 Å². The zero-order valence-corrected chi connectivity index (χ0v) is 15.0. The van der Waals surface area contributed by atoms with Crippen LogP contribution in [-0.4, -0.2) is 20.4 Å². The summed E-state index contributed by atoms with van der Waals surface area (Å²) in [7, 11) is -4.00. The van der Waals surface area contributed by atoms with Crippen LogP contribution in [0.4, 0.5) is 4.79 Å². The Bertz CT molecular complexity index is 923. The Kier molecular flexibility index (Phi) is 6.37. The summed E-state index contributed by atoms with van der Waals surface area (Å²) in [6, 6.07) is 11.7. The molecule has 26 heavy (non-hydrogen) atoms. The van der Waals surface area contributed by atoms with Gasteiger partial charge in [-0.25, -0.2) is 17.9 Å². The number of hydrogen-bond donors (Lipinski definition) is 3. The number of benzene rings is 2. The number of urea groups is 1. The fourth-order valence-corrected chi connectivity index (χ4v) is 3.02. The van der Waals surface area contributed by atoms with Crippen molar-refractivity contribution in [1.82, 2.24) is 10.0 Å². The van der Waals surface area contributed by atoms with Crippen molar-refractivity contribution in [3.8, 4) is 0 Å². The quantitative estimate of drug-likeness (QED) is 0.650. The van der Waals surface area contributed by atoms with Crippen molar-refractivity contribution in [2.45, 2.75) is 11.4 Å². The minimum Gasteiger partial charge on any atom is -0.352 e. The molecular formula is C17H16ClN3O4S. The number of nitrogens with one attached hydrogen (secondary N) is 2. The number of primary amides is 1. The van der Waals surface area contributed by atoms with Crippen LogP contribution in [0.2, 0.25) is 5.02 Å². The number of halogens is 1. The van der Waals surface area contributed by atoms with Crippen LogP contribution in [0.3, 0.4) is 0 Å². The van der Waals surface area contributed by atoms with Crippen LogP contribution in [0, 0.1) is 0 Å². The highest BCUT2D eigenvalue weighted by Crippen LogP contribution is 2.12. The summed E-state index contributed by atoms with van der Waals surface area (Å²) in [5, 5.41) is 2.95. The summed E-state index contributed by atoms with van der Waals surface area (Å²) < 4.78 is 26.4. The molecule has 0 bridgehead atoms. The van der Waals surface area contributed by atoms with Gasteiger partial charge in [0, 0.05) is 17.6 Å². The largest absolute Gasteiger partial charge is 0.352 e. The minimum atomic E-state index is -4.00. The Hall–Kier alpha value is -2.84. The van der Waals surface area contributed by atoms with E-state index < -0.39 is 22.0 Å². The van der Waals surface area contributed by atoms with E-state index in [0.717, 1.165) is 6.08 Å². The Morgan fingerprint density at radius 1 is 1.04 bits per heavy atom. The first-order valence-corrected chi connectivity index (χ1v) is 9.25. The number of carbonyl (C=O) groups excluding carboxylic acids is 2. The third kappa shape index (κ3) is 5.91. The van der Waals surface area contributed by atoms with Crippen LogP contribution in [0.25, 0.3) is 6.08 Å². The number of nitrogens with two attached hydrogens (primary N) is 1. The summed E-state index contributed by atoms with van der Waals surface area (Å²) in [5.74, 6) is -0.778. The van der Waals surface area contributed by atoms with Gasteiger partial charge in [-0.1, -0.05) is 35.9 Å². The van der Waals surface area contributed by atoms with Gasteiger partial charge in [-0.05, 0) is 41.5 Å². The molecule has 2 rings (SSSR count). The first-order valence-electron chi connectivity index (χ1n) is 7.39. The molecule has 0 aliphatic rings. The molecule has 3 amide bonds. The van der Waals surface area contributed by atoms with Gasteiger partial charge in [-0.2, -0.15) is 0 Å². The smallest absolute Gasteiger partial charge is 0.312 e. The van der Waals surface area contributed by atoms with Crippen molar-refractivity contribution in [1.29, 1.82) is 0 Å². The lowest BCUT2D eigenvalue weighted by Gasteiger charge is -2.06. The summed E-state index contributed by atoms with van der Waals surface area (Å²) >= 11 is 5.77. The number of carbonyl (C=O) groups is 2. The Labute approximate surface area is 155 Å². The van der Waals surface area contributed by atoms with Crippen LogP contribution in [0.15, 0.2) is 59.5 Å². The maximum Gasteiger partial charge on any atom is 0.312 e. The van der Waals surface area contributed by atoms with Crippen molar-refractivity contribution >= 4 is 39.6 Å². The number of sulfonamides is 1. The molecule has 0 saturated heterocycles. The van der Waals surface area contributed by atoms with E-state index in [9.17, 15) is 18.0 Å². The molecule has 136 valence electrons. The molecule has 7 nitrogen and oxygen atoms in total. The molecular weight excluding hydrogens is 378 g/mol. The average Bonchev–Trinajstić information content (AvgIpc) is 2.59. The van der Waals surface area contributed by atoms with Gasteiger partial charge in [-0.3, -0.25) is 4.79 Å². The molecule has 0 atom stereocenters. The average molecular weight is 394 g/mol. The van der Waals surface area contributed by atoms with Crippen molar-refractivity contribution in [3.05, 3.63) is 70.8 Å². The third-order valence-electron chi connectivity index (χ3n) is 3.23. The molecule has 0 spiro atoms. The van der Waals surface area contributed by atoms with E-state index in [0.29, 0.717) is 16.1 Å². The molecule has 0 unspecified atom stereocenters. The molecule has 9 heteroatoms. The molecule has 0 fully saturated rings. The molecule has 0 aliphatic heterocycles. The minimum absolute atomic E-state index is 0.0754. The van der Waals surface area contributed by atoms with Gasteiger partial charge in [0.1, 0.15) is 0 Å². The summed E-state index contributed by atoms with van der Waals surface area (Å²) in [5.41, 5.74) is 6.33. The van der Waals surface area contributed by atoms with Crippen LogP contribution in [0.1, 0.15) is 11.1 Å². The van der Waals surface area contributed by atoms with E-state index in [2.05, 4.69) is 5.32 Å². The van der Waals surface area contributed by atoms with Gasteiger partial charge in [-0.15, -0.1) is 0 Å².